The van der Waals surface area contributed by atoms with E-state index < -0.39 is 5.60 Å². The Balaban J connectivity index is 2.16. The first kappa shape index (κ1) is 11.4. The fraction of sp³-hybridized carbons (Fsp3) is 0.538. The van der Waals surface area contributed by atoms with Gasteiger partial charge >= 0.3 is 0 Å². The van der Waals surface area contributed by atoms with Crippen LogP contribution >= 0.6 is 0 Å². The number of piperidine rings is 1. The van der Waals surface area contributed by atoms with Crippen molar-refractivity contribution in [1.29, 1.82) is 0 Å². The van der Waals surface area contributed by atoms with E-state index in [1.54, 1.807) is 7.11 Å². The lowest BCUT2D eigenvalue weighted by Crippen LogP contribution is -2.41. The minimum Gasteiger partial charge on any atom is -0.497 e. The van der Waals surface area contributed by atoms with E-state index in [1.807, 2.05) is 25.1 Å². The number of ether oxygens (including phenoxy) is 1. The highest BCUT2D eigenvalue weighted by Crippen LogP contribution is 2.31. The van der Waals surface area contributed by atoms with Gasteiger partial charge in [-0.2, -0.15) is 0 Å². The van der Waals surface area contributed by atoms with Gasteiger partial charge in [0.2, 0.25) is 0 Å². The molecule has 1 aromatic rings. The lowest BCUT2D eigenvalue weighted by atomic mass is 9.86. The highest BCUT2D eigenvalue weighted by molar-refractivity contribution is 5.31. The molecule has 2 atom stereocenters. The van der Waals surface area contributed by atoms with Crippen molar-refractivity contribution in [3.8, 4) is 5.75 Å². The van der Waals surface area contributed by atoms with Gasteiger partial charge in [0.05, 0.1) is 12.7 Å². The standard InChI is InChI=1S/C13H19NO2/c1-13(15)6-7-14-12(9-13)10-4-3-5-11(8-10)16-2/h3-5,8,12,14-15H,6-7,9H2,1-2H3. The average Bonchev–Trinajstić information content (AvgIpc) is 2.28. The molecule has 2 unspecified atom stereocenters. The molecule has 2 N–H and O–H groups in total. The summed E-state index contributed by atoms with van der Waals surface area (Å²) in [5.74, 6) is 0.865. The second-order valence-corrected chi connectivity index (χ2v) is 4.73. The summed E-state index contributed by atoms with van der Waals surface area (Å²) in [6.45, 7) is 2.76. The van der Waals surface area contributed by atoms with E-state index in [1.165, 1.54) is 5.56 Å². The highest BCUT2D eigenvalue weighted by Gasteiger charge is 2.30. The fourth-order valence-corrected chi connectivity index (χ4v) is 2.22. The molecule has 0 radical (unpaired) electrons. The normalized spacial score (nSPS) is 30.1. The Kier molecular flexibility index (Phi) is 3.17. The molecular formula is C13H19NO2. The lowest BCUT2D eigenvalue weighted by Gasteiger charge is -2.35. The van der Waals surface area contributed by atoms with Crippen molar-refractivity contribution >= 4 is 0 Å². The van der Waals surface area contributed by atoms with Crippen LogP contribution in [0.3, 0.4) is 0 Å². The summed E-state index contributed by atoms with van der Waals surface area (Å²) in [5.41, 5.74) is 0.623. The maximum absolute atomic E-state index is 10.1. The van der Waals surface area contributed by atoms with Gasteiger partial charge in [-0.3, -0.25) is 0 Å². The van der Waals surface area contributed by atoms with Gasteiger partial charge in [-0.1, -0.05) is 12.1 Å². The Labute approximate surface area is 96.4 Å². The van der Waals surface area contributed by atoms with E-state index in [-0.39, 0.29) is 6.04 Å². The van der Waals surface area contributed by atoms with E-state index in [9.17, 15) is 5.11 Å². The van der Waals surface area contributed by atoms with Crippen LogP contribution in [0.1, 0.15) is 31.4 Å². The second kappa shape index (κ2) is 4.44. The molecule has 88 valence electrons. The molecule has 1 aliphatic heterocycles. The predicted molar refractivity (Wildman–Crippen MR) is 63.6 cm³/mol. The molecule has 1 saturated heterocycles. The number of methoxy groups -OCH3 is 1. The van der Waals surface area contributed by atoms with Crippen LogP contribution in [0.5, 0.6) is 5.75 Å². The van der Waals surface area contributed by atoms with E-state index in [0.29, 0.717) is 0 Å². The maximum atomic E-state index is 10.1. The Morgan fingerprint density at radius 1 is 1.50 bits per heavy atom. The van der Waals surface area contributed by atoms with Crippen LogP contribution in [0.15, 0.2) is 24.3 Å². The summed E-state index contributed by atoms with van der Waals surface area (Å²) in [4.78, 5) is 0. The van der Waals surface area contributed by atoms with Crippen LogP contribution in [0.4, 0.5) is 0 Å². The van der Waals surface area contributed by atoms with Gasteiger partial charge in [0, 0.05) is 6.04 Å². The van der Waals surface area contributed by atoms with Crippen LogP contribution in [-0.4, -0.2) is 24.4 Å². The van der Waals surface area contributed by atoms with Gasteiger partial charge in [0.15, 0.2) is 0 Å². The van der Waals surface area contributed by atoms with Gasteiger partial charge in [-0.25, -0.2) is 0 Å². The fourth-order valence-electron chi connectivity index (χ4n) is 2.22. The minimum absolute atomic E-state index is 0.221. The molecular weight excluding hydrogens is 202 g/mol. The molecule has 1 aliphatic rings. The van der Waals surface area contributed by atoms with Crippen LogP contribution in [-0.2, 0) is 0 Å². The zero-order valence-corrected chi connectivity index (χ0v) is 9.86. The number of nitrogens with one attached hydrogen (secondary N) is 1. The van der Waals surface area contributed by atoms with Crippen molar-refractivity contribution in [3.63, 3.8) is 0 Å². The van der Waals surface area contributed by atoms with Gasteiger partial charge in [-0.15, -0.1) is 0 Å². The smallest absolute Gasteiger partial charge is 0.119 e. The van der Waals surface area contributed by atoms with Gasteiger partial charge in [-0.05, 0) is 44.0 Å². The van der Waals surface area contributed by atoms with E-state index in [4.69, 9.17) is 4.74 Å². The molecule has 0 bridgehead atoms. The van der Waals surface area contributed by atoms with Crippen LogP contribution < -0.4 is 10.1 Å². The van der Waals surface area contributed by atoms with E-state index in [2.05, 4.69) is 11.4 Å². The van der Waals surface area contributed by atoms with Crippen LogP contribution in [0.25, 0.3) is 0 Å². The Morgan fingerprint density at radius 2 is 2.31 bits per heavy atom. The first-order valence-corrected chi connectivity index (χ1v) is 5.70. The van der Waals surface area contributed by atoms with Crippen molar-refractivity contribution in [2.75, 3.05) is 13.7 Å². The second-order valence-electron chi connectivity index (χ2n) is 4.73. The minimum atomic E-state index is -0.557. The topological polar surface area (TPSA) is 41.5 Å². The molecule has 1 heterocycles. The summed E-state index contributed by atoms with van der Waals surface area (Å²) in [6, 6.07) is 8.24. The van der Waals surface area contributed by atoms with Crippen molar-refractivity contribution in [3.05, 3.63) is 29.8 Å². The summed E-state index contributed by atoms with van der Waals surface area (Å²) in [5, 5.41) is 13.5. The Morgan fingerprint density at radius 3 is 3.00 bits per heavy atom. The number of aliphatic hydroxyl groups is 1. The van der Waals surface area contributed by atoms with Crippen LogP contribution in [0, 0.1) is 0 Å². The molecule has 1 fully saturated rings. The zero-order valence-electron chi connectivity index (χ0n) is 9.86. The summed E-state index contributed by atoms with van der Waals surface area (Å²) in [7, 11) is 1.67. The highest BCUT2D eigenvalue weighted by atomic mass is 16.5. The van der Waals surface area contributed by atoms with Crippen molar-refractivity contribution in [1.82, 2.24) is 5.32 Å². The third-order valence-electron chi connectivity index (χ3n) is 3.19. The quantitative estimate of drug-likeness (QED) is 0.801. The number of rotatable bonds is 2. The lowest BCUT2D eigenvalue weighted by molar-refractivity contribution is 0.0131. The summed E-state index contributed by atoms with van der Waals surface area (Å²) >= 11 is 0. The summed E-state index contributed by atoms with van der Waals surface area (Å²) in [6.07, 6.45) is 1.56. The molecule has 0 amide bonds. The van der Waals surface area contributed by atoms with Gasteiger partial charge < -0.3 is 15.2 Å². The van der Waals surface area contributed by atoms with Crippen molar-refractivity contribution in [2.24, 2.45) is 0 Å². The average molecular weight is 221 g/mol. The molecule has 0 saturated carbocycles. The first-order valence-electron chi connectivity index (χ1n) is 5.70. The molecule has 3 nitrogen and oxygen atoms in total. The SMILES string of the molecule is COc1cccc(C2CC(C)(O)CCN2)c1. The molecule has 3 heteroatoms. The molecule has 1 aromatic carbocycles. The van der Waals surface area contributed by atoms with Crippen LogP contribution in [0.2, 0.25) is 0 Å². The first-order chi connectivity index (χ1) is 7.61. The largest absolute Gasteiger partial charge is 0.497 e. The molecule has 0 aromatic heterocycles. The molecule has 0 aliphatic carbocycles. The number of benzene rings is 1. The summed E-state index contributed by atoms with van der Waals surface area (Å²) < 4.78 is 5.21. The van der Waals surface area contributed by atoms with E-state index in [0.717, 1.165) is 25.1 Å². The molecule has 16 heavy (non-hydrogen) atoms. The number of hydrogen-bond acceptors (Lipinski definition) is 3. The van der Waals surface area contributed by atoms with Crippen molar-refractivity contribution < 1.29 is 9.84 Å². The van der Waals surface area contributed by atoms with Gasteiger partial charge in [0.25, 0.3) is 0 Å². The van der Waals surface area contributed by atoms with Gasteiger partial charge in [0.1, 0.15) is 5.75 Å². The third-order valence-corrected chi connectivity index (χ3v) is 3.19. The predicted octanol–water partition coefficient (Wildman–Crippen LogP) is 1.87. The number of hydrogen-bond donors (Lipinski definition) is 2. The maximum Gasteiger partial charge on any atom is 0.119 e. The molecule has 0 spiro atoms. The molecule has 2 rings (SSSR count). The third kappa shape index (κ3) is 2.54. The Bertz CT molecular complexity index is 363. The Hall–Kier alpha value is -1.06. The van der Waals surface area contributed by atoms with E-state index >= 15 is 0 Å². The zero-order chi connectivity index (χ0) is 11.6. The monoisotopic (exact) mass is 221 g/mol. The van der Waals surface area contributed by atoms with Crippen molar-refractivity contribution in [2.45, 2.75) is 31.4 Å².